The Morgan fingerprint density at radius 2 is 1.89 bits per heavy atom. The number of benzene rings is 1. The molecule has 27 heavy (non-hydrogen) atoms. The summed E-state index contributed by atoms with van der Waals surface area (Å²) in [6, 6.07) is 6.23. The zero-order valence-corrected chi connectivity index (χ0v) is 17.0. The second kappa shape index (κ2) is 8.72. The zero-order chi connectivity index (χ0) is 20.2. The molecule has 150 valence electrons. The summed E-state index contributed by atoms with van der Waals surface area (Å²) in [5.74, 6) is -0.502. The first-order valence-electron chi connectivity index (χ1n) is 9.59. The van der Waals surface area contributed by atoms with Crippen LogP contribution in [0.15, 0.2) is 24.3 Å². The molecule has 0 bridgehead atoms. The van der Waals surface area contributed by atoms with Gasteiger partial charge in [0.1, 0.15) is 11.4 Å². The molecule has 0 radical (unpaired) electrons. The smallest absolute Gasteiger partial charge is 0.410 e. The molecule has 0 saturated carbocycles. The van der Waals surface area contributed by atoms with Gasteiger partial charge in [0, 0.05) is 25.7 Å². The van der Waals surface area contributed by atoms with Crippen molar-refractivity contribution in [2.75, 3.05) is 13.1 Å². The zero-order valence-electron chi connectivity index (χ0n) is 17.0. The lowest BCUT2D eigenvalue weighted by Gasteiger charge is -2.37. The number of carbonyl (C=O) groups excluding carboxylic acids is 2. The van der Waals surface area contributed by atoms with E-state index in [9.17, 15) is 14.0 Å². The molecule has 1 fully saturated rings. The van der Waals surface area contributed by atoms with Crippen LogP contribution in [0.2, 0.25) is 0 Å². The Labute approximate surface area is 161 Å². The molecule has 1 heterocycles. The van der Waals surface area contributed by atoms with Gasteiger partial charge in [-0.25, -0.2) is 9.18 Å². The van der Waals surface area contributed by atoms with Crippen LogP contribution in [0.25, 0.3) is 0 Å². The SMILES string of the molecule is CC(C)N(Cc1ccc(F)cc1)C(=O)C1CCCN(C(=O)OC(C)(C)C)C1. The van der Waals surface area contributed by atoms with E-state index >= 15 is 0 Å². The molecule has 2 rings (SSSR count). The van der Waals surface area contributed by atoms with Crippen LogP contribution in [-0.2, 0) is 16.1 Å². The molecule has 5 nitrogen and oxygen atoms in total. The van der Waals surface area contributed by atoms with Gasteiger partial charge in [0.2, 0.25) is 5.91 Å². The highest BCUT2D eigenvalue weighted by Gasteiger charge is 2.33. The number of ether oxygens (including phenoxy) is 1. The molecule has 0 aliphatic carbocycles. The van der Waals surface area contributed by atoms with Crippen LogP contribution in [0, 0.1) is 11.7 Å². The molecule has 0 N–H and O–H groups in total. The largest absolute Gasteiger partial charge is 0.444 e. The fourth-order valence-corrected chi connectivity index (χ4v) is 3.21. The molecule has 0 spiro atoms. The van der Waals surface area contributed by atoms with E-state index in [1.807, 2.05) is 34.6 Å². The van der Waals surface area contributed by atoms with E-state index in [-0.39, 0.29) is 29.8 Å². The van der Waals surface area contributed by atoms with Crippen LogP contribution in [0.1, 0.15) is 53.0 Å². The Hall–Kier alpha value is -2.11. The van der Waals surface area contributed by atoms with Gasteiger partial charge in [-0.05, 0) is 65.2 Å². The quantitative estimate of drug-likeness (QED) is 0.789. The number of piperidine rings is 1. The maximum absolute atomic E-state index is 13.1. The van der Waals surface area contributed by atoms with Crippen molar-refractivity contribution in [1.82, 2.24) is 9.80 Å². The summed E-state index contributed by atoms with van der Waals surface area (Å²) in [4.78, 5) is 28.9. The number of amides is 2. The van der Waals surface area contributed by atoms with E-state index in [0.29, 0.717) is 19.6 Å². The third-order valence-electron chi connectivity index (χ3n) is 4.59. The van der Waals surface area contributed by atoms with Crippen LogP contribution >= 0.6 is 0 Å². The van der Waals surface area contributed by atoms with Crippen LogP contribution in [-0.4, -0.2) is 46.5 Å². The molecule has 1 aromatic carbocycles. The third kappa shape index (κ3) is 6.22. The van der Waals surface area contributed by atoms with E-state index < -0.39 is 5.60 Å². The Bertz CT molecular complexity index is 652. The highest BCUT2D eigenvalue weighted by atomic mass is 19.1. The first kappa shape index (κ1) is 21.2. The molecule has 2 amide bonds. The standard InChI is InChI=1S/C21H31FN2O3/c1-15(2)24(13-16-8-10-18(22)11-9-16)19(25)17-7-6-12-23(14-17)20(26)27-21(3,4)5/h8-11,15,17H,6-7,12-14H2,1-5H3. The van der Waals surface area contributed by atoms with E-state index in [2.05, 4.69) is 0 Å². The Kier molecular flexibility index (Phi) is 6.84. The van der Waals surface area contributed by atoms with Crippen molar-refractivity contribution in [1.29, 1.82) is 0 Å². The first-order valence-corrected chi connectivity index (χ1v) is 9.59. The maximum Gasteiger partial charge on any atom is 0.410 e. The molecule has 6 heteroatoms. The van der Waals surface area contributed by atoms with Crippen molar-refractivity contribution in [3.63, 3.8) is 0 Å². The maximum atomic E-state index is 13.1. The number of carbonyl (C=O) groups is 2. The molecule has 1 aliphatic rings. The average Bonchev–Trinajstić information content (AvgIpc) is 2.59. The van der Waals surface area contributed by atoms with Crippen molar-refractivity contribution >= 4 is 12.0 Å². The minimum Gasteiger partial charge on any atom is -0.444 e. The van der Waals surface area contributed by atoms with Crippen molar-refractivity contribution in [3.8, 4) is 0 Å². The number of halogens is 1. The Morgan fingerprint density at radius 3 is 2.44 bits per heavy atom. The summed E-state index contributed by atoms with van der Waals surface area (Å²) < 4.78 is 18.6. The topological polar surface area (TPSA) is 49.9 Å². The molecule has 1 unspecified atom stereocenters. The molecule has 0 aromatic heterocycles. The lowest BCUT2D eigenvalue weighted by Crippen LogP contribution is -2.49. The van der Waals surface area contributed by atoms with Gasteiger partial charge < -0.3 is 14.5 Å². The van der Waals surface area contributed by atoms with E-state index in [0.717, 1.165) is 18.4 Å². The van der Waals surface area contributed by atoms with Crippen molar-refractivity contribution < 1.29 is 18.7 Å². The van der Waals surface area contributed by atoms with Crippen LogP contribution in [0.4, 0.5) is 9.18 Å². The normalized spacial score (nSPS) is 17.7. The third-order valence-corrected chi connectivity index (χ3v) is 4.59. The van der Waals surface area contributed by atoms with Gasteiger partial charge in [0.05, 0.1) is 5.92 Å². The minimum absolute atomic E-state index is 0.0134. The van der Waals surface area contributed by atoms with Crippen molar-refractivity contribution in [3.05, 3.63) is 35.6 Å². The Balaban J connectivity index is 2.06. The predicted octanol–water partition coefficient (Wildman–Crippen LogP) is 4.21. The molecular weight excluding hydrogens is 347 g/mol. The average molecular weight is 378 g/mol. The summed E-state index contributed by atoms with van der Waals surface area (Å²) in [7, 11) is 0. The molecule has 1 aliphatic heterocycles. The van der Waals surface area contributed by atoms with Gasteiger partial charge in [-0.15, -0.1) is 0 Å². The highest BCUT2D eigenvalue weighted by molar-refractivity contribution is 5.80. The fourth-order valence-electron chi connectivity index (χ4n) is 3.21. The highest BCUT2D eigenvalue weighted by Crippen LogP contribution is 2.23. The monoisotopic (exact) mass is 378 g/mol. The van der Waals surface area contributed by atoms with Gasteiger partial charge in [0.25, 0.3) is 0 Å². The Morgan fingerprint density at radius 1 is 1.26 bits per heavy atom. The number of hydrogen-bond donors (Lipinski definition) is 0. The fraction of sp³-hybridized carbons (Fsp3) is 0.619. The second-order valence-corrected chi connectivity index (χ2v) is 8.45. The summed E-state index contributed by atoms with van der Waals surface area (Å²) in [6.45, 7) is 10.9. The number of likely N-dealkylation sites (tertiary alicyclic amines) is 1. The van der Waals surface area contributed by atoms with Gasteiger partial charge >= 0.3 is 6.09 Å². The number of rotatable bonds is 4. The van der Waals surface area contributed by atoms with Crippen molar-refractivity contribution in [2.24, 2.45) is 5.92 Å². The van der Waals surface area contributed by atoms with Crippen LogP contribution < -0.4 is 0 Å². The molecular formula is C21H31FN2O3. The van der Waals surface area contributed by atoms with Gasteiger partial charge in [0.15, 0.2) is 0 Å². The second-order valence-electron chi connectivity index (χ2n) is 8.45. The summed E-state index contributed by atoms with van der Waals surface area (Å²) in [5.41, 5.74) is 0.332. The number of hydrogen-bond acceptors (Lipinski definition) is 3. The lowest BCUT2D eigenvalue weighted by atomic mass is 9.96. The molecule has 1 saturated heterocycles. The van der Waals surface area contributed by atoms with E-state index in [1.54, 1.807) is 21.9 Å². The van der Waals surface area contributed by atoms with Crippen LogP contribution in [0.3, 0.4) is 0 Å². The predicted molar refractivity (Wildman–Crippen MR) is 103 cm³/mol. The van der Waals surface area contributed by atoms with E-state index in [1.165, 1.54) is 12.1 Å². The molecule has 1 atom stereocenters. The number of nitrogens with zero attached hydrogens (tertiary/aromatic N) is 2. The first-order chi connectivity index (χ1) is 12.6. The van der Waals surface area contributed by atoms with Gasteiger partial charge in [-0.3, -0.25) is 4.79 Å². The van der Waals surface area contributed by atoms with Crippen molar-refractivity contribution in [2.45, 2.75) is 65.6 Å². The summed E-state index contributed by atoms with van der Waals surface area (Å²) in [6.07, 6.45) is 1.16. The van der Waals surface area contributed by atoms with Crippen LogP contribution in [0.5, 0.6) is 0 Å². The van der Waals surface area contributed by atoms with E-state index in [4.69, 9.17) is 4.74 Å². The summed E-state index contributed by atoms with van der Waals surface area (Å²) in [5, 5.41) is 0. The minimum atomic E-state index is -0.555. The lowest BCUT2D eigenvalue weighted by molar-refractivity contribution is -0.139. The molecule has 1 aromatic rings. The van der Waals surface area contributed by atoms with Gasteiger partial charge in [-0.2, -0.15) is 0 Å². The summed E-state index contributed by atoms with van der Waals surface area (Å²) >= 11 is 0. The van der Waals surface area contributed by atoms with Gasteiger partial charge in [-0.1, -0.05) is 12.1 Å².